The van der Waals surface area contributed by atoms with Crippen LogP contribution in [0.4, 0.5) is 0 Å². The highest BCUT2D eigenvalue weighted by Gasteiger charge is 2.38. The molecule has 2 nitrogen and oxygen atoms in total. The van der Waals surface area contributed by atoms with Crippen LogP contribution in [0.15, 0.2) is 30.3 Å². The molecule has 0 aliphatic carbocycles. The molecule has 0 fully saturated rings. The van der Waals surface area contributed by atoms with Crippen molar-refractivity contribution in [3.05, 3.63) is 35.9 Å². The largest absolute Gasteiger partial charge is 0.216 e. The first-order valence-electron chi connectivity index (χ1n) is 5.53. The maximum atomic E-state index is 10.5. The second-order valence-electron chi connectivity index (χ2n) is 5.05. The molecule has 1 N–H and O–H groups in total. The molecule has 1 aromatic rings. The van der Waals surface area contributed by atoms with Gasteiger partial charge in [-0.1, -0.05) is 30.3 Å². The zero-order chi connectivity index (χ0) is 11.5. The summed E-state index contributed by atoms with van der Waals surface area (Å²) in [4.78, 5) is 0. The second kappa shape index (κ2) is 4.33. The SMILES string of the molecule is CC[N+](O)(Cc1ccccc1)C(C)(C)C. The van der Waals surface area contributed by atoms with E-state index in [1.54, 1.807) is 0 Å². The van der Waals surface area contributed by atoms with Gasteiger partial charge < -0.3 is 0 Å². The molecule has 0 bridgehead atoms. The third-order valence-electron chi connectivity index (χ3n) is 3.06. The zero-order valence-electron chi connectivity index (χ0n) is 10.2. The average molecular weight is 208 g/mol. The Morgan fingerprint density at radius 1 is 1.13 bits per heavy atom. The van der Waals surface area contributed by atoms with E-state index in [0.29, 0.717) is 6.54 Å². The predicted molar refractivity (Wildman–Crippen MR) is 62.5 cm³/mol. The molecule has 0 spiro atoms. The summed E-state index contributed by atoms with van der Waals surface area (Å²) < 4.78 is 0.0804. The average Bonchev–Trinajstić information content (AvgIpc) is 2.17. The van der Waals surface area contributed by atoms with Crippen molar-refractivity contribution in [2.75, 3.05) is 6.54 Å². The molecule has 0 aliphatic rings. The molecule has 0 saturated carbocycles. The van der Waals surface area contributed by atoms with Crippen LogP contribution >= 0.6 is 0 Å². The van der Waals surface area contributed by atoms with Gasteiger partial charge in [0.2, 0.25) is 0 Å². The van der Waals surface area contributed by atoms with Crippen molar-refractivity contribution in [2.45, 2.75) is 39.8 Å². The number of quaternary nitrogens is 1. The van der Waals surface area contributed by atoms with Gasteiger partial charge in [-0.2, -0.15) is 4.65 Å². The van der Waals surface area contributed by atoms with Crippen LogP contribution in [0.1, 0.15) is 33.3 Å². The lowest BCUT2D eigenvalue weighted by molar-refractivity contribution is -1.14. The number of benzene rings is 1. The molecule has 1 atom stereocenters. The van der Waals surface area contributed by atoms with Gasteiger partial charge in [0.1, 0.15) is 18.6 Å². The third kappa shape index (κ3) is 2.80. The lowest BCUT2D eigenvalue weighted by Crippen LogP contribution is -2.56. The van der Waals surface area contributed by atoms with Crippen molar-refractivity contribution in [1.29, 1.82) is 0 Å². The highest BCUT2D eigenvalue weighted by Crippen LogP contribution is 2.24. The fourth-order valence-corrected chi connectivity index (χ4v) is 1.71. The first kappa shape index (κ1) is 12.2. The summed E-state index contributed by atoms with van der Waals surface area (Å²) in [5, 5.41) is 10.5. The Hall–Kier alpha value is -0.860. The monoisotopic (exact) mass is 208 g/mol. The lowest BCUT2D eigenvalue weighted by Gasteiger charge is -2.40. The first-order chi connectivity index (χ1) is 6.89. The van der Waals surface area contributed by atoms with Gasteiger partial charge in [0.15, 0.2) is 0 Å². The van der Waals surface area contributed by atoms with Crippen molar-refractivity contribution in [3.63, 3.8) is 0 Å². The van der Waals surface area contributed by atoms with Crippen molar-refractivity contribution in [1.82, 2.24) is 0 Å². The van der Waals surface area contributed by atoms with E-state index >= 15 is 0 Å². The molecule has 1 unspecified atom stereocenters. The smallest absolute Gasteiger partial charge is 0.135 e. The first-order valence-corrected chi connectivity index (χ1v) is 5.53. The molecule has 84 valence electrons. The molecular formula is C13H22NO+. The summed E-state index contributed by atoms with van der Waals surface area (Å²) in [5.74, 6) is 0. The van der Waals surface area contributed by atoms with Crippen LogP contribution in [-0.4, -0.2) is 21.9 Å². The minimum absolute atomic E-state index is 0.0804. The van der Waals surface area contributed by atoms with E-state index in [2.05, 4.69) is 32.9 Å². The highest BCUT2D eigenvalue weighted by molar-refractivity contribution is 5.13. The normalized spacial score (nSPS) is 16.1. The number of hydrogen-bond acceptors (Lipinski definition) is 1. The minimum atomic E-state index is -0.148. The number of nitrogens with zero attached hydrogens (tertiary/aromatic N) is 1. The van der Waals surface area contributed by atoms with Crippen molar-refractivity contribution in [3.8, 4) is 0 Å². The molecule has 0 heterocycles. The maximum Gasteiger partial charge on any atom is 0.135 e. The summed E-state index contributed by atoms with van der Waals surface area (Å²) in [6.45, 7) is 9.62. The van der Waals surface area contributed by atoms with Crippen LogP contribution in [-0.2, 0) is 6.54 Å². The molecular weight excluding hydrogens is 186 g/mol. The summed E-state index contributed by atoms with van der Waals surface area (Å²) >= 11 is 0. The molecule has 0 radical (unpaired) electrons. The summed E-state index contributed by atoms with van der Waals surface area (Å²) in [7, 11) is 0. The van der Waals surface area contributed by atoms with Gasteiger partial charge >= 0.3 is 0 Å². The van der Waals surface area contributed by atoms with Crippen LogP contribution in [0.25, 0.3) is 0 Å². The van der Waals surface area contributed by atoms with E-state index in [9.17, 15) is 5.21 Å². The lowest BCUT2D eigenvalue weighted by atomic mass is 10.0. The molecule has 0 saturated heterocycles. The van der Waals surface area contributed by atoms with Gasteiger partial charge in [-0.05, 0) is 27.7 Å². The van der Waals surface area contributed by atoms with Crippen LogP contribution in [0.5, 0.6) is 0 Å². The van der Waals surface area contributed by atoms with Crippen molar-refractivity contribution in [2.24, 2.45) is 0 Å². The van der Waals surface area contributed by atoms with Crippen molar-refractivity contribution < 1.29 is 9.85 Å². The van der Waals surface area contributed by atoms with Gasteiger partial charge in [0, 0.05) is 5.56 Å². The van der Waals surface area contributed by atoms with E-state index in [1.165, 1.54) is 5.56 Å². The van der Waals surface area contributed by atoms with Crippen LogP contribution in [0.2, 0.25) is 0 Å². The van der Waals surface area contributed by atoms with Gasteiger partial charge in [0.25, 0.3) is 0 Å². The highest BCUT2D eigenvalue weighted by atomic mass is 16.5. The minimum Gasteiger partial charge on any atom is -0.216 e. The van der Waals surface area contributed by atoms with Crippen LogP contribution in [0, 0.1) is 0 Å². The van der Waals surface area contributed by atoms with Gasteiger partial charge in [-0.3, -0.25) is 0 Å². The Morgan fingerprint density at radius 2 is 1.67 bits per heavy atom. The van der Waals surface area contributed by atoms with Gasteiger partial charge in [0.05, 0.1) is 0 Å². The molecule has 0 aliphatic heterocycles. The predicted octanol–water partition coefficient (Wildman–Crippen LogP) is 3.21. The zero-order valence-corrected chi connectivity index (χ0v) is 10.2. The summed E-state index contributed by atoms with van der Waals surface area (Å²) in [6.07, 6.45) is 0. The van der Waals surface area contributed by atoms with Crippen molar-refractivity contribution >= 4 is 0 Å². The third-order valence-corrected chi connectivity index (χ3v) is 3.06. The molecule has 1 aromatic carbocycles. The fourth-order valence-electron chi connectivity index (χ4n) is 1.71. The second-order valence-corrected chi connectivity index (χ2v) is 5.05. The summed E-state index contributed by atoms with van der Waals surface area (Å²) in [6, 6.07) is 10.1. The van der Waals surface area contributed by atoms with E-state index in [1.807, 2.05) is 25.1 Å². The molecule has 0 amide bonds. The number of hydrogen-bond donors (Lipinski definition) is 1. The molecule has 15 heavy (non-hydrogen) atoms. The topological polar surface area (TPSA) is 20.2 Å². The Kier molecular flexibility index (Phi) is 3.53. The number of hydroxylamine groups is 3. The Morgan fingerprint density at radius 3 is 2.07 bits per heavy atom. The fraction of sp³-hybridized carbons (Fsp3) is 0.538. The molecule has 2 heteroatoms. The van der Waals surface area contributed by atoms with Crippen LogP contribution in [0.3, 0.4) is 0 Å². The summed E-state index contributed by atoms with van der Waals surface area (Å²) in [5.41, 5.74) is 1.03. The molecule has 0 aromatic heterocycles. The van der Waals surface area contributed by atoms with E-state index in [4.69, 9.17) is 0 Å². The van der Waals surface area contributed by atoms with E-state index in [0.717, 1.165) is 6.54 Å². The Bertz CT molecular complexity index is 302. The quantitative estimate of drug-likeness (QED) is 0.597. The standard InChI is InChI=1S/C13H22NO/c1-5-14(15,13(2,3)4)11-12-9-7-6-8-10-12/h6-10,15H,5,11H2,1-4H3/q+1. The maximum absolute atomic E-state index is 10.5. The Labute approximate surface area is 92.7 Å². The van der Waals surface area contributed by atoms with Crippen LogP contribution < -0.4 is 0 Å². The van der Waals surface area contributed by atoms with E-state index in [-0.39, 0.29) is 10.2 Å². The van der Waals surface area contributed by atoms with Gasteiger partial charge in [-0.15, -0.1) is 0 Å². The molecule has 1 rings (SSSR count). The van der Waals surface area contributed by atoms with Gasteiger partial charge in [-0.25, -0.2) is 5.21 Å². The van der Waals surface area contributed by atoms with E-state index < -0.39 is 0 Å². The number of rotatable bonds is 3. The Balaban J connectivity index is 2.87.